The van der Waals surface area contributed by atoms with Crippen LogP contribution in [0.5, 0.6) is 0 Å². The van der Waals surface area contributed by atoms with Crippen molar-refractivity contribution in [2.24, 2.45) is 4.99 Å². The van der Waals surface area contributed by atoms with Gasteiger partial charge in [-0.2, -0.15) is 0 Å². The summed E-state index contributed by atoms with van der Waals surface area (Å²) in [6.45, 7) is 10.4. The lowest BCUT2D eigenvalue weighted by Gasteiger charge is -2.09. The Hall–Kier alpha value is -0.590. The van der Waals surface area contributed by atoms with Gasteiger partial charge in [-0.15, -0.1) is 0 Å². The Labute approximate surface area is 63.9 Å². The minimum Gasteiger partial charge on any atom is -0.287 e. The molecule has 0 aliphatic rings. The van der Waals surface area contributed by atoms with Crippen molar-refractivity contribution in [1.82, 2.24) is 0 Å². The minimum absolute atomic E-state index is 0.0615. The van der Waals surface area contributed by atoms with Gasteiger partial charge in [0.2, 0.25) is 0 Å². The summed E-state index contributed by atoms with van der Waals surface area (Å²) in [5, 5.41) is 0. The lowest BCUT2D eigenvalue weighted by molar-refractivity contribution is 0.587. The maximum absolute atomic E-state index is 4.30. The van der Waals surface area contributed by atoms with Crippen LogP contribution in [0.25, 0.3) is 0 Å². The summed E-state index contributed by atoms with van der Waals surface area (Å²) >= 11 is 0. The van der Waals surface area contributed by atoms with Crippen molar-refractivity contribution in [3.8, 4) is 0 Å². The highest BCUT2D eigenvalue weighted by Gasteiger charge is 2.02. The van der Waals surface area contributed by atoms with Crippen LogP contribution in [0.15, 0.2) is 16.6 Å². The summed E-state index contributed by atoms with van der Waals surface area (Å²) in [5.74, 6) is 0. The molecule has 0 N–H and O–H groups in total. The Morgan fingerprint density at radius 3 is 2.00 bits per heavy atom. The molecule has 0 spiro atoms. The monoisotopic (exact) mass is 139 g/mol. The Morgan fingerprint density at radius 2 is 1.70 bits per heavy atom. The largest absolute Gasteiger partial charge is 0.287 e. The first kappa shape index (κ1) is 9.41. The molecule has 0 saturated heterocycles. The van der Waals surface area contributed by atoms with Crippen molar-refractivity contribution >= 4 is 6.21 Å². The van der Waals surface area contributed by atoms with E-state index >= 15 is 0 Å². The van der Waals surface area contributed by atoms with Crippen LogP contribution < -0.4 is 0 Å². The molecule has 0 bridgehead atoms. The molecule has 0 rings (SSSR count). The Morgan fingerprint density at radius 1 is 1.20 bits per heavy atom. The SMILES string of the molecule is CC(C)=CC=NC(C)(C)C. The van der Waals surface area contributed by atoms with E-state index in [0.29, 0.717) is 0 Å². The van der Waals surface area contributed by atoms with E-state index in [1.807, 2.05) is 12.3 Å². The average Bonchev–Trinajstić information content (AvgIpc) is 1.59. The van der Waals surface area contributed by atoms with Crippen LogP contribution in [0, 0.1) is 0 Å². The van der Waals surface area contributed by atoms with Gasteiger partial charge in [0, 0.05) is 6.21 Å². The lowest BCUT2D eigenvalue weighted by Crippen LogP contribution is -2.08. The summed E-state index contributed by atoms with van der Waals surface area (Å²) in [6, 6.07) is 0. The highest BCUT2D eigenvalue weighted by molar-refractivity contribution is 5.72. The van der Waals surface area contributed by atoms with Gasteiger partial charge in [-0.25, -0.2) is 0 Å². The molecule has 0 heterocycles. The first-order valence-electron chi connectivity index (χ1n) is 3.60. The molecule has 0 aromatic heterocycles. The summed E-state index contributed by atoms with van der Waals surface area (Å²) in [7, 11) is 0. The first-order valence-corrected chi connectivity index (χ1v) is 3.60. The Bertz CT molecular complexity index is 143. The number of rotatable bonds is 1. The van der Waals surface area contributed by atoms with E-state index in [2.05, 4.69) is 39.6 Å². The van der Waals surface area contributed by atoms with Gasteiger partial charge in [-0.3, -0.25) is 4.99 Å². The van der Waals surface area contributed by atoms with Gasteiger partial charge in [0.05, 0.1) is 5.54 Å². The first-order chi connectivity index (χ1) is 4.42. The van der Waals surface area contributed by atoms with Crippen molar-refractivity contribution in [3.05, 3.63) is 11.6 Å². The van der Waals surface area contributed by atoms with Gasteiger partial charge < -0.3 is 0 Å². The van der Waals surface area contributed by atoms with E-state index in [1.54, 1.807) is 0 Å². The molecule has 0 aromatic carbocycles. The van der Waals surface area contributed by atoms with Crippen molar-refractivity contribution in [3.63, 3.8) is 0 Å². The zero-order chi connectivity index (χ0) is 8.20. The normalized spacial score (nSPS) is 12.1. The fourth-order valence-corrected chi connectivity index (χ4v) is 0.410. The molecule has 0 aliphatic carbocycles. The number of allylic oxidation sites excluding steroid dienone is 2. The third kappa shape index (κ3) is 7.41. The third-order valence-electron chi connectivity index (χ3n) is 0.870. The minimum atomic E-state index is 0.0615. The van der Waals surface area contributed by atoms with Gasteiger partial charge in [0.15, 0.2) is 0 Å². The topological polar surface area (TPSA) is 12.4 Å². The van der Waals surface area contributed by atoms with E-state index in [0.717, 1.165) is 0 Å². The van der Waals surface area contributed by atoms with Crippen molar-refractivity contribution in [2.45, 2.75) is 40.2 Å². The van der Waals surface area contributed by atoms with Gasteiger partial charge in [-0.1, -0.05) is 5.57 Å². The summed E-state index contributed by atoms with van der Waals surface area (Å²) in [4.78, 5) is 4.30. The number of aliphatic imine (C=N–C) groups is 1. The molecule has 0 aliphatic heterocycles. The van der Waals surface area contributed by atoms with Crippen LogP contribution in [-0.4, -0.2) is 11.8 Å². The predicted molar refractivity (Wildman–Crippen MR) is 47.7 cm³/mol. The molecule has 1 heteroatoms. The maximum Gasteiger partial charge on any atom is 0.0524 e. The van der Waals surface area contributed by atoms with Crippen molar-refractivity contribution in [1.29, 1.82) is 0 Å². The standard InChI is InChI=1S/C9H17N/c1-8(2)6-7-10-9(3,4)5/h6-7H,1-5H3. The van der Waals surface area contributed by atoms with Gasteiger partial charge in [-0.05, 0) is 40.7 Å². The summed E-state index contributed by atoms with van der Waals surface area (Å²) in [5.41, 5.74) is 1.35. The van der Waals surface area contributed by atoms with Crippen LogP contribution in [0.1, 0.15) is 34.6 Å². The van der Waals surface area contributed by atoms with Gasteiger partial charge in [0.1, 0.15) is 0 Å². The molecular formula is C9H17N. The molecule has 1 nitrogen and oxygen atoms in total. The quantitative estimate of drug-likeness (QED) is 0.495. The Kier molecular flexibility index (Phi) is 3.34. The molecule has 0 saturated carbocycles. The molecule has 58 valence electrons. The van der Waals surface area contributed by atoms with Crippen LogP contribution in [0.2, 0.25) is 0 Å². The van der Waals surface area contributed by atoms with Crippen molar-refractivity contribution < 1.29 is 0 Å². The lowest BCUT2D eigenvalue weighted by atomic mass is 10.1. The van der Waals surface area contributed by atoms with Crippen LogP contribution >= 0.6 is 0 Å². The fourth-order valence-electron chi connectivity index (χ4n) is 0.410. The van der Waals surface area contributed by atoms with E-state index in [-0.39, 0.29) is 5.54 Å². The maximum atomic E-state index is 4.30. The second-order valence-electron chi connectivity index (χ2n) is 3.69. The van der Waals surface area contributed by atoms with Crippen molar-refractivity contribution in [2.75, 3.05) is 0 Å². The van der Waals surface area contributed by atoms with Crippen LogP contribution in [0.3, 0.4) is 0 Å². The molecular weight excluding hydrogens is 122 g/mol. The van der Waals surface area contributed by atoms with E-state index in [1.165, 1.54) is 5.57 Å². The smallest absolute Gasteiger partial charge is 0.0524 e. The molecule has 0 atom stereocenters. The van der Waals surface area contributed by atoms with Crippen LogP contribution in [-0.2, 0) is 0 Å². The highest BCUT2D eigenvalue weighted by atomic mass is 14.8. The van der Waals surface area contributed by atoms with Gasteiger partial charge >= 0.3 is 0 Å². The molecule has 0 amide bonds. The summed E-state index contributed by atoms with van der Waals surface area (Å²) in [6.07, 6.45) is 3.89. The second-order valence-corrected chi connectivity index (χ2v) is 3.69. The number of nitrogens with zero attached hydrogens (tertiary/aromatic N) is 1. The van der Waals surface area contributed by atoms with Crippen LogP contribution in [0.4, 0.5) is 0 Å². The average molecular weight is 139 g/mol. The molecule has 0 fully saturated rings. The van der Waals surface area contributed by atoms with Gasteiger partial charge in [0.25, 0.3) is 0 Å². The number of hydrogen-bond donors (Lipinski definition) is 0. The zero-order valence-corrected chi connectivity index (χ0v) is 7.60. The molecule has 10 heavy (non-hydrogen) atoms. The molecule has 0 unspecified atom stereocenters. The number of hydrogen-bond acceptors (Lipinski definition) is 1. The third-order valence-corrected chi connectivity index (χ3v) is 0.870. The second kappa shape index (κ2) is 3.55. The molecule has 0 aromatic rings. The summed E-state index contributed by atoms with van der Waals surface area (Å²) < 4.78 is 0. The Balaban J connectivity index is 3.90. The van der Waals surface area contributed by atoms with E-state index in [4.69, 9.17) is 0 Å². The molecule has 0 radical (unpaired) electrons. The predicted octanol–water partition coefficient (Wildman–Crippen LogP) is 2.82. The van der Waals surface area contributed by atoms with E-state index < -0.39 is 0 Å². The highest BCUT2D eigenvalue weighted by Crippen LogP contribution is 2.04. The zero-order valence-electron chi connectivity index (χ0n) is 7.60. The van der Waals surface area contributed by atoms with E-state index in [9.17, 15) is 0 Å². The fraction of sp³-hybridized carbons (Fsp3) is 0.667.